The summed E-state index contributed by atoms with van der Waals surface area (Å²) >= 11 is 1.91. The van der Waals surface area contributed by atoms with Crippen LogP contribution >= 0.6 is 11.8 Å². The third-order valence-electron chi connectivity index (χ3n) is 2.93. The van der Waals surface area contributed by atoms with E-state index in [1.807, 2.05) is 28.7 Å². The second-order valence-electron chi connectivity index (χ2n) is 4.54. The molecule has 0 unspecified atom stereocenters. The Morgan fingerprint density at radius 1 is 1.21 bits per heavy atom. The number of hydrogen-bond acceptors (Lipinski definition) is 3. The molecule has 0 aliphatic rings. The van der Waals surface area contributed by atoms with Gasteiger partial charge in [-0.05, 0) is 30.4 Å². The maximum atomic E-state index is 4.38. The Labute approximate surface area is 119 Å². The van der Waals surface area contributed by atoms with Gasteiger partial charge in [0.05, 0.1) is 18.4 Å². The summed E-state index contributed by atoms with van der Waals surface area (Å²) in [6, 6.07) is 10.4. The fourth-order valence-corrected chi connectivity index (χ4v) is 2.41. The Kier molecular flexibility index (Phi) is 5.82. The van der Waals surface area contributed by atoms with Crippen LogP contribution in [0.15, 0.2) is 42.7 Å². The third kappa shape index (κ3) is 4.99. The van der Waals surface area contributed by atoms with Crippen molar-refractivity contribution in [3.8, 4) is 0 Å². The lowest BCUT2D eigenvalue weighted by Crippen LogP contribution is -2.02. The van der Waals surface area contributed by atoms with Crippen LogP contribution in [0.1, 0.15) is 18.4 Å². The van der Waals surface area contributed by atoms with Gasteiger partial charge in [-0.25, -0.2) is 0 Å². The first kappa shape index (κ1) is 14.0. The van der Waals surface area contributed by atoms with Crippen molar-refractivity contribution in [3.05, 3.63) is 48.3 Å². The molecule has 0 spiro atoms. The van der Waals surface area contributed by atoms with Crippen LogP contribution in [0.25, 0.3) is 0 Å². The highest BCUT2D eigenvalue weighted by Gasteiger charge is 1.99. The predicted octanol–water partition coefficient (Wildman–Crippen LogP) is 3.49. The lowest BCUT2D eigenvalue weighted by Gasteiger charge is -2.03. The molecular weight excluding hydrogens is 254 g/mol. The molecule has 1 heterocycles. The Hall–Kier alpha value is -1.42. The first-order valence-electron chi connectivity index (χ1n) is 6.67. The van der Waals surface area contributed by atoms with Gasteiger partial charge in [-0.3, -0.25) is 4.68 Å². The van der Waals surface area contributed by atoms with Crippen molar-refractivity contribution >= 4 is 17.4 Å². The molecule has 4 heteroatoms. The average molecular weight is 275 g/mol. The normalized spacial score (nSPS) is 10.6. The lowest BCUT2D eigenvalue weighted by molar-refractivity contribution is 0.687. The number of thioether (sulfide) groups is 1. The van der Waals surface area contributed by atoms with Crippen LogP contribution in [0, 0.1) is 0 Å². The monoisotopic (exact) mass is 275 g/mol. The maximum Gasteiger partial charge on any atom is 0.0726 e. The Bertz CT molecular complexity index is 467. The van der Waals surface area contributed by atoms with Gasteiger partial charge < -0.3 is 5.32 Å². The van der Waals surface area contributed by atoms with E-state index in [1.165, 1.54) is 24.2 Å². The second-order valence-corrected chi connectivity index (χ2v) is 5.52. The zero-order valence-corrected chi connectivity index (χ0v) is 12.2. The van der Waals surface area contributed by atoms with E-state index >= 15 is 0 Å². The van der Waals surface area contributed by atoms with Crippen molar-refractivity contribution in [2.75, 3.05) is 23.9 Å². The Morgan fingerprint density at radius 2 is 2.05 bits per heavy atom. The van der Waals surface area contributed by atoms with Crippen LogP contribution in [0.3, 0.4) is 0 Å². The smallest absolute Gasteiger partial charge is 0.0726 e. The molecule has 0 bridgehead atoms. The zero-order chi connectivity index (χ0) is 13.3. The molecule has 0 aliphatic heterocycles. The van der Waals surface area contributed by atoms with Gasteiger partial charge in [0.15, 0.2) is 0 Å². The molecular formula is C15H21N3S. The number of nitrogens with one attached hydrogen (secondary N) is 1. The van der Waals surface area contributed by atoms with Crippen LogP contribution in [0.2, 0.25) is 0 Å². The standard InChI is InChI=1S/C15H21N3S/c1-19-10-6-5-9-16-15-11-17-18(13-15)12-14-7-3-2-4-8-14/h2-4,7-8,11,13,16H,5-6,9-10,12H2,1H3. The second kappa shape index (κ2) is 7.89. The molecule has 3 nitrogen and oxygen atoms in total. The maximum absolute atomic E-state index is 4.38. The van der Waals surface area contributed by atoms with Gasteiger partial charge in [0.1, 0.15) is 0 Å². The first-order chi connectivity index (χ1) is 9.38. The van der Waals surface area contributed by atoms with Crippen molar-refractivity contribution in [2.45, 2.75) is 19.4 Å². The molecule has 0 amide bonds. The van der Waals surface area contributed by atoms with E-state index in [0.29, 0.717) is 0 Å². The van der Waals surface area contributed by atoms with Gasteiger partial charge in [0, 0.05) is 12.7 Å². The number of rotatable bonds is 8. The van der Waals surface area contributed by atoms with Crippen molar-refractivity contribution in [1.82, 2.24) is 9.78 Å². The van der Waals surface area contributed by atoms with Crippen LogP contribution in [0.4, 0.5) is 5.69 Å². The quantitative estimate of drug-likeness (QED) is 0.748. The van der Waals surface area contributed by atoms with E-state index < -0.39 is 0 Å². The molecule has 1 aromatic carbocycles. The van der Waals surface area contributed by atoms with E-state index in [1.54, 1.807) is 0 Å². The summed E-state index contributed by atoms with van der Waals surface area (Å²) in [7, 11) is 0. The SMILES string of the molecule is CSCCCCNc1cnn(Cc2ccccc2)c1. The number of benzene rings is 1. The molecule has 0 radical (unpaired) electrons. The lowest BCUT2D eigenvalue weighted by atomic mass is 10.2. The minimum Gasteiger partial charge on any atom is -0.383 e. The molecule has 1 aromatic heterocycles. The zero-order valence-electron chi connectivity index (χ0n) is 11.4. The van der Waals surface area contributed by atoms with Crippen molar-refractivity contribution in [2.24, 2.45) is 0 Å². The van der Waals surface area contributed by atoms with Gasteiger partial charge in [0.25, 0.3) is 0 Å². The number of aromatic nitrogens is 2. The summed E-state index contributed by atoms with van der Waals surface area (Å²) in [5, 5.41) is 7.79. The van der Waals surface area contributed by atoms with E-state index in [-0.39, 0.29) is 0 Å². The summed E-state index contributed by atoms with van der Waals surface area (Å²) in [6.07, 6.45) is 8.61. The number of anilines is 1. The highest BCUT2D eigenvalue weighted by Crippen LogP contribution is 2.08. The average Bonchev–Trinajstić information content (AvgIpc) is 2.87. The predicted molar refractivity (Wildman–Crippen MR) is 83.9 cm³/mol. The van der Waals surface area contributed by atoms with Gasteiger partial charge in [-0.15, -0.1) is 0 Å². The van der Waals surface area contributed by atoms with Gasteiger partial charge >= 0.3 is 0 Å². The van der Waals surface area contributed by atoms with Crippen molar-refractivity contribution in [3.63, 3.8) is 0 Å². The molecule has 0 fully saturated rings. The van der Waals surface area contributed by atoms with E-state index in [9.17, 15) is 0 Å². The minimum atomic E-state index is 0.828. The highest BCUT2D eigenvalue weighted by atomic mass is 32.2. The van der Waals surface area contributed by atoms with Gasteiger partial charge in [0.2, 0.25) is 0 Å². The highest BCUT2D eigenvalue weighted by molar-refractivity contribution is 7.98. The van der Waals surface area contributed by atoms with E-state index in [2.05, 4.69) is 47.1 Å². The molecule has 0 aliphatic carbocycles. The van der Waals surface area contributed by atoms with Crippen LogP contribution in [-0.2, 0) is 6.54 Å². The number of unbranched alkanes of at least 4 members (excludes halogenated alkanes) is 1. The molecule has 2 aromatic rings. The third-order valence-corrected chi connectivity index (χ3v) is 3.62. The van der Waals surface area contributed by atoms with Crippen LogP contribution in [-0.4, -0.2) is 28.3 Å². The molecule has 0 atom stereocenters. The fraction of sp³-hybridized carbons (Fsp3) is 0.400. The Morgan fingerprint density at radius 3 is 2.84 bits per heavy atom. The van der Waals surface area contributed by atoms with Crippen molar-refractivity contribution in [1.29, 1.82) is 0 Å². The van der Waals surface area contributed by atoms with E-state index in [4.69, 9.17) is 0 Å². The topological polar surface area (TPSA) is 29.9 Å². The molecule has 19 heavy (non-hydrogen) atoms. The molecule has 1 N–H and O–H groups in total. The van der Waals surface area contributed by atoms with Crippen LogP contribution < -0.4 is 5.32 Å². The number of hydrogen-bond donors (Lipinski definition) is 1. The largest absolute Gasteiger partial charge is 0.383 e. The fourth-order valence-electron chi connectivity index (χ4n) is 1.92. The summed E-state index contributed by atoms with van der Waals surface area (Å²) in [5.41, 5.74) is 2.39. The molecule has 2 rings (SSSR count). The molecule has 0 saturated heterocycles. The molecule has 0 saturated carbocycles. The van der Waals surface area contributed by atoms with Crippen molar-refractivity contribution < 1.29 is 0 Å². The molecule has 102 valence electrons. The minimum absolute atomic E-state index is 0.828. The van der Waals surface area contributed by atoms with Gasteiger partial charge in [-0.1, -0.05) is 30.3 Å². The summed E-state index contributed by atoms with van der Waals surface area (Å²) in [6.45, 7) is 1.85. The summed E-state index contributed by atoms with van der Waals surface area (Å²) in [4.78, 5) is 0. The summed E-state index contributed by atoms with van der Waals surface area (Å²) in [5.74, 6) is 1.24. The number of nitrogens with zero attached hydrogens (tertiary/aromatic N) is 2. The Balaban J connectivity index is 1.76. The van der Waals surface area contributed by atoms with E-state index in [0.717, 1.165) is 18.8 Å². The van der Waals surface area contributed by atoms with Gasteiger partial charge in [-0.2, -0.15) is 16.9 Å². The summed E-state index contributed by atoms with van der Waals surface area (Å²) < 4.78 is 1.97. The van der Waals surface area contributed by atoms with Crippen LogP contribution in [0.5, 0.6) is 0 Å². The first-order valence-corrected chi connectivity index (χ1v) is 8.07.